The predicted molar refractivity (Wildman–Crippen MR) is 79.7 cm³/mol. The van der Waals surface area contributed by atoms with Gasteiger partial charge in [-0.25, -0.2) is 0 Å². The van der Waals surface area contributed by atoms with E-state index in [-0.39, 0.29) is 12.2 Å². The monoisotopic (exact) mass is 294 g/mol. The fourth-order valence-electron chi connectivity index (χ4n) is 1.39. The molecule has 0 aliphatic heterocycles. The van der Waals surface area contributed by atoms with E-state index in [1.54, 1.807) is 13.8 Å². The Balaban J connectivity index is 4.03. The average Bonchev–Trinajstić information content (AvgIpc) is 2.37. The first kappa shape index (κ1) is 19.1. The van der Waals surface area contributed by atoms with Crippen LogP contribution in [0.25, 0.3) is 0 Å². The summed E-state index contributed by atoms with van der Waals surface area (Å²) in [6.07, 6.45) is 3.18. The highest BCUT2D eigenvalue weighted by atomic mass is 31.2. The Morgan fingerprint density at radius 2 is 1.53 bits per heavy atom. The molecule has 0 saturated carbocycles. The van der Waals surface area contributed by atoms with Crippen molar-refractivity contribution in [2.45, 2.75) is 78.0 Å². The second-order valence-corrected chi connectivity index (χ2v) is 8.39. The second-order valence-electron chi connectivity index (χ2n) is 5.88. The first-order valence-corrected chi connectivity index (χ1v) is 8.83. The van der Waals surface area contributed by atoms with E-state index in [0.717, 1.165) is 12.8 Å². The van der Waals surface area contributed by atoms with Crippen LogP contribution in [0.15, 0.2) is 0 Å². The molecule has 0 rings (SSSR count). The summed E-state index contributed by atoms with van der Waals surface area (Å²) in [7, 11) is -3.55. The third-order valence-corrected chi connectivity index (χ3v) is 6.51. The molecule has 0 aromatic heterocycles. The molecule has 0 saturated heterocycles. The fraction of sp³-hybridized carbons (Fsp3) is 1.00. The lowest BCUT2D eigenvalue weighted by Gasteiger charge is -2.29. The van der Waals surface area contributed by atoms with Gasteiger partial charge < -0.3 is 14.2 Å². The van der Waals surface area contributed by atoms with Gasteiger partial charge in [0, 0.05) is 6.61 Å². The van der Waals surface area contributed by atoms with Crippen LogP contribution in [0.4, 0.5) is 0 Å². The van der Waals surface area contributed by atoms with Crippen LogP contribution in [0.5, 0.6) is 0 Å². The van der Waals surface area contributed by atoms with Crippen LogP contribution in [0, 0.1) is 0 Å². The summed E-state index contributed by atoms with van der Waals surface area (Å²) in [6.45, 7) is 12.5. The van der Waals surface area contributed by atoms with Gasteiger partial charge in [0.25, 0.3) is 0 Å². The van der Waals surface area contributed by atoms with Crippen molar-refractivity contribution in [2.75, 3.05) is 13.2 Å². The molecule has 0 aromatic rings. The van der Waals surface area contributed by atoms with Gasteiger partial charge in [-0.3, -0.25) is 4.57 Å². The number of ether oxygens (including phenoxy) is 1. The molecule has 1 atom stereocenters. The molecule has 0 bridgehead atoms. The van der Waals surface area contributed by atoms with Crippen LogP contribution >= 0.6 is 7.60 Å². The number of hydrogen-bond acceptors (Lipinski definition) is 3. The van der Waals surface area contributed by atoms with E-state index in [1.165, 1.54) is 0 Å². The third kappa shape index (κ3) is 5.95. The molecule has 4 nitrogen and oxygen atoms in total. The minimum atomic E-state index is -3.55. The Kier molecular flexibility index (Phi) is 7.82. The van der Waals surface area contributed by atoms with Gasteiger partial charge >= 0.3 is 7.60 Å². The largest absolute Gasteiger partial charge is 0.375 e. The molecular formula is C14H31O4P. The molecule has 0 aliphatic rings. The number of hydrogen-bond donors (Lipinski definition) is 1. The molecule has 0 fully saturated rings. The molecule has 1 unspecified atom stereocenters. The van der Waals surface area contributed by atoms with E-state index in [9.17, 15) is 9.46 Å². The van der Waals surface area contributed by atoms with Crippen molar-refractivity contribution in [1.29, 1.82) is 0 Å². The minimum Gasteiger partial charge on any atom is -0.375 e. The zero-order chi connectivity index (χ0) is 15.2. The smallest absolute Gasteiger partial charge is 0.333 e. The fourth-order valence-corrected chi connectivity index (χ4v) is 2.52. The average molecular weight is 294 g/mol. The molecular weight excluding hydrogens is 263 g/mol. The standard InChI is InChI=1S/C14H31O4P/c1-7-13(4,5)19(15,16)18-12-10-11-17-14(6,8-2)9-3/h7-12H2,1-6H3,(H,15,16). The minimum absolute atomic E-state index is 0.0917. The second kappa shape index (κ2) is 7.78. The van der Waals surface area contributed by atoms with E-state index in [2.05, 4.69) is 20.8 Å². The van der Waals surface area contributed by atoms with Crippen LogP contribution < -0.4 is 0 Å². The summed E-state index contributed by atoms with van der Waals surface area (Å²) in [5, 5.41) is -0.685. The zero-order valence-electron chi connectivity index (χ0n) is 13.4. The highest BCUT2D eigenvalue weighted by Crippen LogP contribution is 2.56. The Labute approximate surface area is 118 Å². The lowest BCUT2D eigenvalue weighted by Crippen LogP contribution is -2.27. The summed E-state index contributed by atoms with van der Waals surface area (Å²) < 4.78 is 23.0. The van der Waals surface area contributed by atoms with Crippen LogP contribution in [-0.4, -0.2) is 28.9 Å². The first-order chi connectivity index (χ1) is 8.64. The summed E-state index contributed by atoms with van der Waals surface area (Å²) >= 11 is 0. The van der Waals surface area contributed by atoms with E-state index >= 15 is 0 Å². The van der Waals surface area contributed by atoms with Crippen molar-refractivity contribution in [2.24, 2.45) is 0 Å². The molecule has 0 spiro atoms. The van der Waals surface area contributed by atoms with Gasteiger partial charge in [0.2, 0.25) is 0 Å². The van der Waals surface area contributed by atoms with Crippen molar-refractivity contribution in [3.05, 3.63) is 0 Å². The van der Waals surface area contributed by atoms with Crippen LogP contribution in [0.3, 0.4) is 0 Å². The van der Waals surface area contributed by atoms with Gasteiger partial charge in [-0.2, -0.15) is 0 Å². The van der Waals surface area contributed by atoms with E-state index in [0.29, 0.717) is 19.4 Å². The Morgan fingerprint density at radius 1 is 1.00 bits per heavy atom. The maximum atomic E-state index is 12.0. The molecule has 0 amide bonds. The van der Waals surface area contributed by atoms with Crippen LogP contribution in [0.2, 0.25) is 0 Å². The summed E-state index contributed by atoms with van der Waals surface area (Å²) in [5.41, 5.74) is -0.0917. The zero-order valence-corrected chi connectivity index (χ0v) is 14.3. The highest BCUT2D eigenvalue weighted by molar-refractivity contribution is 7.54. The third-order valence-electron chi connectivity index (χ3n) is 4.13. The SMILES string of the molecule is CCC(C)(CC)OCCCOP(=O)(O)C(C)(C)CC. The molecule has 0 heterocycles. The molecule has 0 radical (unpaired) electrons. The van der Waals surface area contributed by atoms with Gasteiger partial charge in [-0.1, -0.05) is 20.8 Å². The molecule has 116 valence electrons. The van der Waals surface area contributed by atoms with Crippen molar-refractivity contribution in [3.63, 3.8) is 0 Å². The van der Waals surface area contributed by atoms with Crippen molar-refractivity contribution >= 4 is 7.60 Å². The summed E-state index contributed by atoms with van der Waals surface area (Å²) in [4.78, 5) is 9.89. The molecule has 0 aromatic carbocycles. The van der Waals surface area contributed by atoms with E-state index in [4.69, 9.17) is 9.26 Å². The van der Waals surface area contributed by atoms with Crippen LogP contribution in [-0.2, 0) is 13.8 Å². The first-order valence-electron chi connectivity index (χ1n) is 7.25. The predicted octanol–water partition coefficient (Wildman–Crippen LogP) is 4.36. The lowest BCUT2D eigenvalue weighted by atomic mass is 10.0. The molecule has 5 heteroatoms. The lowest BCUT2D eigenvalue weighted by molar-refractivity contribution is -0.0409. The molecule has 19 heavy (non-hydrogen) atoms. The topological polar surface area (TPSA) is 55.8 Å². The van der Waals surface area contributed by atoms with Gasteiger partial charge in [0.1, 0.15) is 0 Å². The molecule has 0 aliphatic carbocycles. The van der Waals surface area contributed by atoms with Gasteiger partial charge in [-0.15, -0.1) is 0 Å². The van der Waals surface area contributed by atoms with Gasteiger partial charge in [0.15, 0.2) is 0 Å². The van der Waals surface area contributed by atoms with Crippen LogP contribution in [0.1, 0.15) is 67.2 Å². The Bertz CT molecular complexity index is 298. The van der Waals surface area contributed by atoms with Gasteiger partial charge in [-0.05, 0) is 46.5 Å². The maximum Gasteiger partial charge on any atom is 0.333 e. The Hall–Kier alpha value is 0.110. The van der Waals surface area contributed by atoms with Crippen molar-refractivity contribution in [3.8, 4) is 0 Å². The highest BCUT2D eigenvalue weighted by Gasteiger charge is 2.38. The number of rotatable bonds is 10. The van der Waals surface area contributed by atoms with E-state index < -0.39 is 12.8 Å². The summed E-state index contributed by atoms with van der Waals surface area (Å²) in [5.74, 6) is 0. The van der Waals surface area contributed by atoms with E-state index in [1.807, 2.05) is 6.92 Å². The summed E-state index contributed by atoms with van der Waals surface area (Å²) in [6, 6.07) is 0. The quantitative estimate of drug-likeness (QED) is 0.480. The van der Waals surface area contributed by atoms with Gasteiger partial charge in [0.05, 0.1) is 17.4 Å². The van der Waals surface area contributed by atoms with Crippen molar-refractivity contribution < 1.29 is 18.7 Å². The maximum absolute atomic E-state index is 12.0. The molecule has 1 N–H and O–H groups in total. The van der Waals surface area contributed by atoms with Crippen molar-refractivity contribution in [1.82, 2.24) is 0 Å². The Morgan fingerprint density at radius 3 is 1.95 bits per heavy atom. The normalized spacial score (nSPS) is 16.4.